The third-order valence-electron chi connectivity index (χ3n) is 3.53. The Balaban J connectivity index is 2.25. The Labute approximate surface area is 98.6 Å². The lowest BCUT2D eigenvalue weighted by atomic mass is 9.99. The molecule has 0 spiro atoms. The van der Waals surface area contributed by atoms with E-state index < -0.39 is 5.97 Å². The van der Waals surface area contributed by atoms with Crippen LogP contribution in [0.5, 0.6) is 0 Å². The highest BCUT2D eigenvalue weighted by atomic mass is 16.4. The maximum Gasteiger partial charge on any atom is 0.320 e. The Hall–Kier alpha value is -0.570. The van der Waals surface area contributed by atoms with Crippen molar-refractivity contribution in [3.8, 4) is 0 Å². The molecular weight excluding hydrogens is 202 g/mol. The summed E-state index contributed by atoms with van der Waals surface area (Å²) < 4.78 is 0. The Morgan fingerprint density at radius 1 is 1.44 bits per heavy atom. The molecule has 0 bridgehead atoms. The monoisotopic (exact) mass is 227 g/mol. The first-order valence-corrected chi connectivity index (χ1v) is 6.65. The zero-order valence-corrected chi connectivity index (χ0v) is 10.5. The molecule has 2 atom stereocenters. The predicted octanol–water partition coefficient (Wildman–Crippen LogP) is 2.66. The van der Waals surface area contributed by atoms with Crippen molar-refractivity contribution < 1.29 is 9.90 Å². The fraction of sp³-hybridized carbons (Fsp3) is 0.923. The van der Waals surface area contributed by atoms with Gasteiger partial charge in [0.15, 0.2) is 0 Å². The Morgan fingerprint density at radius 3 is 2.56 bits per heavy atom. The molecule has 1 saturated carbocycles. The number of hydrogen-bond donors (Lipinski definition) is 2. The Bertz CT molecular complexity index is 214. The van der Waals surface area contributed by atoms with E-state index in [2.05, 4.69) is 19.2 Å². The third kappa shape index (κ3) is 4.52. The lowest BCUT2D eigenvalue weighted by molar-refractivity contribution is -0.140. The number of rotatable bonds is 9. The molecule has 3 heteroatoms. The standard InChI is InChI=1S/C13H25NO2/c1-3-5-6-10(4-2)9-14-12(13(15)16)11-7-8-11/h10-12,14H,3-9H2,1-2H3,(H,15,16). The van der Waals surface area contributed by atoms with Crippen LogP contribution >= 0.6 is 0 Å². The average Bonchev–Trinajstić information content (AvgIpc) is 3.06. The molecule has 0 aromatic heterocycles. The summed E-state index contributed by atoms with van der Waals surface area (Å²) in [5.74, 6) is 0.356. The maximum absolute atomic E-state index is 11.0. The Kier molecular flexibility index (Phi) is 5.81. The van der Waals surface area contributed by atoms with Crippen LogP contribution in [-0.2, 0) is 4.79 Å². The van der Waals surface area contributed by atoms with Crippen LogP contribution in [0, 0.1) is 11.8 Å². The molecule has 0 aromatic rings. The zero-order chi connectivity index (χ0) is 12.0. The quantitative estimate of drug-likeness (QED) is 0.636. The molecule has 0 saturated heterocycles. The van der Waals surface area contributed by atoms with E-state index >= 15 is 0 Å². The summed E-state index contributed by atoms with van der Waals surface area (Å²) in [6.45, 7) is 5.25. The van der Waals surface area contributed by atoms with Crippen molar-refractivity contribution in [1.29, 1.82) is 0 Å². The summed E-state index contributed by atoms with van der Waals surface area (Å²) in [5, 5.41) is 12.3. The van der Waals surface area contributed by atoms with E-state index in [1.165, 1.54) is 19.3 Å². The summed E-state index contributed by atoms with van der Waals surface area (Å²) >= 11 is 0. The molecule has 0 amide bonds. The second kappa shape index (κ2) is 6.89. The van der Waals surface area contributed by atoms with Gasteiger partial charge in [-0.1, -0.05) is 33.1 Å². The summed E-state index contributed by atoms with van der Waals surface area (Å²) in [6.07, 6.45) is 7.00. The molecule has 1 fully saturated rings. The van der Waals surface area contributed by atoms with Crippen LogP contribution in [0.2, 0.25) is 0 Å². The summed E-state index contributed by atoms with van der Waals surface area (Å²) in [4.78, 5) is 11.0. The van der Waals surface area contributed by atoms with Crippen molar-refractivity contribution in [2.45, 2.75) is 58.4 Å². The number of aliphatic carboxylic acids is 1. The molecule has 1 rings (SSSR count). The fourth-order valence-electron chi connectivity index (χ4n) is 2.12. The molecule has 0 radical (unpaired) electrons. The highest BCUT2D eigenvalue weighted by Crippen LogP contribution is 2.32. The van der Waals surface area contributed by atoms with Gasteiger partial charge in [-0.25, -0.2) is 0 Å². The number of nitrogens with one attached hydrogen (secondary N) is 1. The summed E-state index contributed by atoms with van der Waals surface area (Å²) in [5.41, 5.74) is 0. The van der Waals surface area contributed by atoms with E-state index in [9.17, 15) is 4.79 Å². The van der Waals surface area contributed by atoms with Gasteiger partial charge in [0.1, 0.15) is 6.04 Å². The predicted molar refractivity (Wildman–Crippen MR) is 65.5 cm³/mol. The van der Waals surface area contributed by atoms with Crippen molar-refractivity contribution in [3.05, 3.63) is 0 Å². The minimum Gasteiger partial charge on any atom is -0.480 e. The SMILES string of the molecule is CCCCC(CC)CNC(C(=O)O)C1CC1. The van der Waals surface area contributed by atoms with Gasteiger partial charge in [-0.15, -0.1) is 0 Å². The highest BCUT2D eigenvalue weighted by molar-refractivity contribution is 5.74. The smallest absolute Gasteiger partial charge is 0.320 e. The van der Waals surface area contributed by atoms with Crippen LogP contribution in [0.1, 0.15) is 52.4 Å². The van der Waals surface area contributed by atoms with Gasteiger partial charge in [0.2, 0.25) is 0 Å². The molecule has 94 valence electrons. The normalized spacial score (nSPS) is 19.4. The van der Waals surface area contributed by atoms with Crippen LogP contribution < -0.4 is 5.32 Å². The molecule has 2 unspecified atom stereocenters. The first-order chi connectivity index (χ1) is 7.69. The van der Waals surface area contributed by atoms with Crippen LogP contribution in [0.4, 0.5) is 0 Å². The molecule has 1 aliphatic carbocycles. The number of unbranched alkanes of at least 4 members (excludes halogenated alkanes) is 1. The second-order valence-corrected chi connectivity index (χ2v) is 4.98. The van der Waals surface area contributed by atoms with Crippen molar-refractivity contribution >= 4 is 5.97 Å². The largest absolute Gasteiger partial charge is 0.480 e. The van der Waals surface area contributed by atoms with Crippen LogP contribution in [0.3, 0.4) is 0 Å². The highest BCUT2D eigenvalue weighted by Gasteiger charge is 2.35. The van der Waals surface area contributed by atoms with Gasteiger partial charge in [-0.2, -0.15) is 0 Å². The number of hydrogen-bond acceptors (Lipinski definition) is 2. The molecule has 16 heavy (non-hydrogen) atoms. The van der Waals surface area contributed by atoms with Crippen LogP contribution in [0.25, 0.3) is 0 Å². The maximum atomic E-state index is 11.0. The van der Waals surface area contributed by atoms with Gasteiger partial charge in [-0.3, -0.25) is 4.79 Å². The van der Waals surface area contributed by atoms with E-state index in [-0.39, 0.29) is 6.04 Å². The first-order valence-electron chi connectivity index (χ1n) is 6.65. The van der Waals surface area contributed by atoms with Gasteiger partial charge in [0.05, 0.1) is 0 Å². The van der Waals surface area contributed by atoms with Crippen molar-refractivity contribution in [3.63, 3.8) is 0 Å². The molecule has 0 aromatic carbocycles. The van der Waals surface area contributed by atoms with Gasteiger partial charge in [0, 0.05) is 0 Å². The van der Waals surface area contributed by atoms with Crippen molar-refractivity contribution in [2.75, 3.05) is 6.54 Å². The van der Waals surface area contributed by atoms with E-state index in [1.807, 2.05) is 0 Å². The van der Waals surface area contributed by atoms with E-state index in [0.717, 1.165) is 25.8 Å². The van der Waals surface area contributed by atoms with Crippen LogP contribution in [-0.4, -0.2) is 23.7 Å². The van der Waals surface area contributed by atoms with Crippen molar-refractivity contribution in [2.24, 2.45) is 11.8 Å². The Morgan fingerprint density at radius 2 is 2.12 bits per heavy atom. The third-order valence-corrected chi connectivity index (χ3v) is 3.53. The lowest BCUT2D eigenvalue weighted by Gasteiger charge is -2.19. The average molecular weight is 227 g/mol. The molecule has 3 nitrogen and oxygen atoms in total. The van der Waals surface area contributed by atoms with E-state index in [4.69, 9.17) is 5.11 Å². The lowest BCUT2D eigenvalue weighted by Crippen LogP contribution is -2.41. The van der Waals surface area contributed by atoms with Gasteiger partial charge in [-0.05, 0) is 37.6 Å². The minimum absolute atomic E-state index is 0.296. The van der Waals surface area contributed by atoms with Gasteiger partial charge >= 0.3 is 5.97 Å². The molecule has 0 heterocycles. The van der Waals surface area contributed by atoms with Crippen LogP contribution in [0.15, 0.2) is 0 Å². The molecule has 1 aliphatic rings. The van der Waals surface area contributed by atoms with E-state index in [1.54, 1.807) is 0 Å². The topological polar surface area (TPSA) is 49.3 Å². The first kappa shape index (κ1) is 13.5. The molecule has 2 N–H and O–H groups in total. The molecule has 0 aliphatic heterocycles. The summed E-state index contributed by atoms with van der Waals surface area (Å²) in [6, 6.07) is -0.296. The van der Waals surface area contributed by atoms with Gasteiger partial charge < -0.3 is 10.4 Å². The number of carboxylic acids is 1. The van der Waals surface area contributed by atoms with Gasteiger partial charge in [0.25, 0.3) is 0 Å². The fourth-order valence-corrected chi connectivity index (χ4v) is 2.12. The molecular formula is C13H25NO2. The minimum atomic E-state index is -0.673. The summed E-state index contributed by atoms with van der Waals surface area (Å²) in [7, 11) is 0. The van der Waals surface area contributed by atoms with E-state index in [0.29, 0.717) is 11.8 Å². The van der Waals surface area contributed by atoms with Crippen molar-refractivity contribution in [1.82, 2.24) is 5.32 Å². The second-order valence-electron chi connectivity index (χ2n) is 4.98. The number of carbonyl (C=O) groups is 1. The number of carboxylic acid groups (broad SMARTS) is 1. The zero-order valence-electron chi connectivity index (χ0n) is 10.5.